The van der Waals surface area contributed by atoms with Gasteiger partial charge in [0.1, 0.15) is 5.75 Å². The van der Waals surface area contributed by atoms with Crippen LogP contribution in [0.4, 0.5) is 0 Å². The number of unbranched alkanes of at least 4 members (excludes halogenated alkanes) is 2. The minimum Gasteiger partial charge on any atom is -0.496 e. The first-order chi connectivity index (χ1) is 15.0. The maximum atomic E-state index is 12.4. The Kier molecular flexibility index (Phi) is 7.82. The fourth-order valence-corrected chi connectivity index (χ4v) is 3.87. The molecule has 1 heterocycles. The van der Waals surface area contributed by atoms with Gasteiger partial charge in [0.25, 0.3) is 11.8 Å². The molecule has 0 bridgehead atoms. The molecule has 2 aromatic carbocycles. The third-order valence-corrected chi connectivity index (χ3v) is 5.47. The normalized spacial score (nSPS) is 12.8. The van der Waals surface area contributed by atoms with Crippen molar-refractivity contribution in [1.82, 2.24) is 4.90 Å². The van der Waals surface area contributed by atoms with Crippen LogP contribution in [0, 0.1) is 0 Å². The van der Waals surface area contributed by atoms with E-state index in [0.29, 0.717) is 37.1 Å². The molecule has 0 N–H and O–H groups in total. The number of nitrogens with zero attached hydrogens (tertiary/aromatic N) is 1. The van der Waals surface area contributed by atoms with Gasteiger partial charge in [0.15, 0.2) is 0 Å². The molecule has 0 fully saturated rings. The maximum absolute atomic E-state index is 12.4. The van der Waals surface area contributed by atoms with Crippen LogP contribution in [0.25, 0.3) is 0 Å². The highest BCUT2D eigenvalue weighted by Crippen LogP contribution is 2.25. The zero-order valence-electron chi connectivity index (χ0n) is 18.2. The van der Waals surface area contributed by atoms with Crippen LogP contribution in [0.2, 0.25) is 0 Å². The van der Waals surface area contributed by atoms with Gasteiger partial charge in [-0.15, -0.1) is 0 Å². The lowest BCUT2D eigenvalue weighted by Gasteiger charge is -2.14. The maximum Gasteiger partial charge on any atom is 0.306 e. The van der Waals surface area contributed by atoms with E-state index in [4.69, 9.17) is 9.47 Å². The number of hydrogen-bond acceptors (Lipinski definition) is 5. The van der Waals surface area contributed by atoms with E-state index >= 15 is 0 Å². The van der Waals surface area contributed by atoms with E-state index in [1.165, 1.54) is 4.90 Å². The van der Waals surface area contributed by atoms with Crippen LogP contribution in [0.15, 0.2) is 42.5 Å². The smallest absolute Gasteiger partial charge is 0.306 e. The largest absolute Gasteiger partial charge is 0.496 e. The molecule has 0 radical (unpaired) electrons. The van der Waals surface area contributed by atoms with Crippen LogP contribution in [-0.2, 0) is 22.4 Å². The van der Waals surface area contributed by atoms with Crippen molar-refractivity contribution in [3.8, 4) is 5.75 Å². The summed E-state index contributed by atoms with van der Waals surface area (Å²) in [4.78, 5) is 37.8. The van der Waals surface area contributed by atoms with Crippen molar-refractivity contribution in [3.05, 3.63) is 64.7 Å². The molecule has 0 aliphatic carbocycles. The Hall–Kier alpha value is -3.15. The molecule has 3 rings (SSSR count). The van der Waals surface area contributed by atoms with Gasteiger partial charge in [-0.25, -0.2) is 0 Å². The van der Waals surface area contributed by atoms with Crippen molar-refractivity contribution >= 4 is 17.8 Å². The van der Waals surface area contributed by atoms with Gasteiger partial charge < -0.3 is 9.47 Å². The number of fused-ring (bicyclic) bond motifs is 1. The zero-order valence-corrected chi connectivity index (χ0v) is 18.2. The molecule has 1 aliphatic heterocycles. The van der Waals surface area contributed by atoms with E-state index in [9.17, 15) is 14.4 Å². The van der Waals surface area contributed by atoms with Crippen LogP contribution in [0.5, 0.6) is 5.75 Å². The van der Waals surface area contributed by atoms with Gasteiger partial charge in [-0.05, 0) is 61.9 Å². The molecule has 0 atom stereocenters. The van der Waals surface area contributed by atoms with E-state index in [0.717, 1.165) is 42.6 Å². The molecule has 31 heavy (non-hydrogen) atoms. The summed E-state index contributed by atoms with van der Waals surface area (Å²) >= 11 is 0. The second kappa shape index (κ2) is 10.8. The summed E-state index contributed by atoms with van der Waals surface area (Å²) in [6.07, 6.45) is 4.40. The molecular weight excluding hydrogens is 394 g/mol. The lowest BCUT2D eigenvalue weighted by molar-refractivity contribution is -0.143. The number of rotatable bonds is 11. The van der Waals surface area contributed by atoms with E-state index in [1.54, 1.807) is 38.3 Å². The number of aryl methyl sites for hydroxylation is 2. The number of benzene rings is 2. The van der Waals surface area contributed by atoms with Gasteiger partial charge in [-0.2, -0.15) is 0 Å². The molecule has 2 amide bonds. The predicted molar refractivity (Wildman–Crippen MR) is 117 cm³/mol. The first-order valence-electron chi connectivity index (χ1n) is 10.8. The molecule has 0 saturated carbocycles. The van der Waals surface area contributed by atoms with Gasteiger partial charge in [0.05, 0.1) is 24.8 Å². The van der Waals surface area contributed by atoms with Crippen molar-refractivity contribution in [2.45, 2.75) is 45.4 Å². The highest BCUT2D eigenvalue weighted by molar-refractivity contribution is 6.21. The Labute approximate surface area is 183 Å². The quantitative estimate of drug-likeness (QED) is 0.308. The summed E-state index contributed by atoms with van der Waals surface area (Å²) in [7, 11) is 1.65. The number of ether oxygens (including phenoxy) is 2. The van der Waals surface area contributed by atoms with Gasteiger partial charge in [-0.1, -0.05) is 30.7 Å². The van der Waals surface area contributed by atoms with Crippen molar-refractivity contribution in [3.63, 3.8) is 0 Å². The Bertz CT molecular complexity index is 918. The minimum atomic E-state index is -0.198. The average molecular weight is 424 g/mol. The molecule has 164 valence electrons. The molecule has 0 saturated heterocycles. The summed E-state index contributed by atoms with van der Waals surface area (Å²) in [6, 6.07) is 13.0. The van der Waals surface area contributed by atoms with Crippen LogP contribution in [0.1, 0.15) is 64.4 Å². The van der Waals surface area contributed by atoms with Gasteiger partial charge in [0.2, 0.25) is 0 Å². The summed E-state index contributed by atoms with van der Waals surface area (Å²) in [5.41, 5.74) is 3.17. The van der Waals surface area contributed by atoms with E-state index in [-0.39, 0.29) is 17.8 Å². The third kappa shape index (κ3) is 5.51. The molecule has 1 aliphatic rings. The number of carbonyl (C=O) groups excluding carboxylic acids is 3. The van der Waals surface area contributed by atoms with Crippen LogP contribution in [0.3, 0.4) is 0 Å². The highest BCUT2D eigenvalue weighted by Gasteiger charge is 2.34. The summed E-state index contributed by atoms with van der Waals surface area (Å²) in [6.45, 7) is 2.63. The second-order valence-electron chi connectivity index (χ2n) is 7.57. The van der Waals surface area contributed by atoms with Crippen molar-refractivity contribution in [1.29, 1.82) is 0 Å². The monoisotopic (exact) mass is 423 g/mol. The van der Waals surface area contributed by atoms with Crippen LogP contribution >= 0.6 is 0 Å². The topological polar surface area (TPSA) is 72.9 Å². The SMILES string of the molecule is CCOC(=O)CCc1ccc(OC)c(CCCCCN2C(=O)c3ccccc3C2=O)c1. The number of amides is 2. The first-order valence-corrected chi connectivity index (χ1v) is 10.8. The van der Waals surface area contributed by atoms with Gasteiger partial charge >= 0.3 is 5.97 Å². The molecule has 0 aromatic heterocycles. The first kappa shape index (κ1) is 22.5. The van der Waals surface area contributed by atoms with Crippen molar-refractivity contribution in [2.24, 2.45) is 0 Å². The van der Waals surface area contributed by atoms with Crippen molar-refractivity contribution in [2.75, 3.05) is 20.3 Å². The number of methoxy groups -OCH3 is 1. The van der Waals surface area contributed by atoms with Crippen LogP contribution in [-0.4, -0.2) is 42.9 Å². The molecule has 6 heteroatoms. The highest BCUT2D eigenvalue weighted by atomic mass is 16.5. The fourth-order valence-electron chi connectivity index (χ4n) is 3.87. The standard InChI is InChI=1S/C25H29NO5/c1-3-31-23(27)15-13-18-12-14-22(30-2)19(17-18)9-5-4-8-16-26-24(28)20-10-6-7-11-21(20)25(26)29/h6-7,10-12,14,17H,3-5,8-9,13,15-16H2,1-2H3. The van der Waals surface area contributed by atoms with E-state index < -0.39 is 0 Å². The Morgan fingerprint density at radius 1 is 0.935 bits per heavy atom. The fraction of sp³-hybridized carbons (Fsp3) is 0.400. The summed E-state index contributed by atoms with van der Waals surface area (Å²) < 4.78 is 10.5. The molecular formula is C25H29NO5. The zero-order chi connectivity index (χ0) is 22.2. The number of hydrogen-bond donors (Lipinski definition) is 0. The molecule has 2 aromatic rings. The van der Waals surface area contributed by atoms with E-state index in [2.05, 4.69) is 6.07 Å². The Balaban J connectivity index is 1.48. The number of carbonyl (C=O) groups is 3. The average Bonchev–Trinajstić information content (AvgIpc) is 3.02. The number of imide groups is 1. The summed E-state index contributed by atoms with van der Waals surface area (Å²) in [5.74, 6) is 0.251. The summed E-state index contributed by atoms with van der Waals surface area (Å²) in [5, 5.41) is 0. The lowest BCUT2D eigenvalue weighted by atomic mass is 10.0. The Morgan fingerprint density at radius 2 is 1.65 bits per heavy atom. The molecule has 0 spiro atoms. The second-order valence-corrected chi connectivity index (χ2v) is 7.57. The van der Waals surface area contributed by atoms with E-state index in [1.807, 2.05) is 12.1 Å². The van der Waals surface area contributed by atoms with Gasteiger partial charge in [-0.3, -0.25) is 19.3 Å². The number of esters is 1. The predicted octanol–water partition coefficient (Wildman–Crippen LogP) is 4.20. The van der Waals surface area contributed by atoms with Crippen LogP contribution < -0.4 is 4.74 Å². The third-order valence-electron chi connectivity index (χ3n) is 5.47. The molecule has 0 unspecified atom stereocenters. The van der Waals surface area contributed by atoms with Crippen molar-refractivity contribution < 1.29 is 23.9 Å². The minimum absolute atomic E-state index is 0.187. The van der Waals surface area contributed by atoms with Gasteiger partial charge in [0, 0.05) is 13.0 Å². The lowest BCUT2D eigenvalue weighted by Crippen LogP contribution is -2.30. The molecule has 6 nitrogen and oxygen atoms in total. The Morgan fingerprint density at radius 3 is 2.29 bits per heavy atom.